The zero-order valence-electron chi connectivity index (χ0n) is 15.7. The molecule has 0 spiro atoms. The van der Waals surface area contributed by atoms with Crippen LogP contribution in [0.2, 0.25) is 0 Å². The molecule has 0 atom stereocenters. The molecule has 0 saturated heterocycles. The SMILES string of the molecule is O=S(=O)(NCCC1CCC(OCCCCBr)CC1)c1ccc(C(F)(F)F)cc1. The Labute approximate surface area is 173 Å². The molecule has 4 nitrogen and oxygen atoms in total. The van der Waals surface area contributed by atoms with E-state index in [2.05, 4.69) is 20.7 Å². The minimum absolute atomic E-state index is 0.152. The number of alkyl halides is 4. The summed E-state index contributed by atoms with van der Waals surface area (Å²) in [5.74, 6) is 0.442. The zero-order valence-corrected chi connectivity index (χ0v) is 18.1. The van der Waals surface area contributed by atoms with Gasteiger partial charge in [-0.2, -0.15) is 13.2 Å². The van der Waals surface area contributed by atoms with Crippen molar-refractivity contribution in [3.05, 3.63) is 29.8 Å². The molecule has 1 aliphatic rings. The lowest BCUT2D eigenvalue weighted by atomic mass is 9.85. The first kappa shape index (κ1) is 23.6. The lowest BCUT2D eigenvalue weighted by Crippen LogP contribution is -2.28. The molecule has 160 valence electrons. The topological polar surface area (TPSA) is 55.4 Å². The molecule has 1 aromatic carbocycles. The predicted octanol–water partition coefficient (Wildman–Crippen LogP) is 5.12. The van der Waals surface area contributed by atoms with Gasteiger partial charge in [-0.25, -0.2) is 13.1 Å². The highest BCUT2D eigenvalue weighted by molar-refractivity contribution is 9.09. The van der Waals surface area contributed by atoms with Crippen molar-refractivity contribution in [2.45, 2.75) is 62.1 Å². The van der Waals surface area contributed by atoms with Crippen LogP contribution in [-0.2, 0) is 20.9 Å². The summed E-state index contributed by atoms with van der Waals surface area (Å²) >= 11 is 3.40. The Morgan fingerprint density at radius 2 is 1.71 bits per heavy atom. The van der Waals surface area contributed by atoms with Crippen LogP contribution in [0.5, 0.6) is 0 Å². The maximum Gasteiger partial charge on any atom is 0.416 e. The summed E-state index contributed by atoms with van der Waals surface area (Å²) in [4.78, 5) is -0.152. The summed E-state index contributed by atoms with van der Waals surface area (Å²) in [6.45, 7) is 1.07. The van der Waals surface area contributed by atoms with Gasteiger partial charge in [-0.15, -0.1) is 0 Å². The molecule has 0 bridgehead atoms. The maximum absolute atomic E-state index is 12.6. The van der Waals surface area contributed by atoms with E-state index < -0.39 is 21.8 Å². The van der Waals surface area contributed by atoms with Crippen molar-refractivity contribution in [3.63, 3.8) is 0 Å². The minimum atomic E-state index is -4.48. The molecule has 1 aliphatic carbocycles. The molecule has 1 saturated carbocycles. The average Bonchev–Trinajstić information content (AvgIpc) is 2.66. The molecule has 1 fully saturated rings. The Kier molecular flexibility index (Phi) is 9.24. The highest BCUT2D eigenvalue weighted by atomic mass is 79.9. The first-order valence-electron chi connectivity index (χ1n) is 9.57. The minimum Gasteiger partial charge on any atom is -0.378 e. The summed E-state index contributed by atoms with van der Waals surface area (Å²) in [6, 6.07) is 3.55. The third-order valence-electron chi connectivity index (χ3n) is 5.01. The third-order valence-corrected chi connectivity index (χ3v) is 7.05. The van der Waals surface area contributed by atoms with E-state index in [1.807, 2.05) is 0 Å². The van der Waals surface area contributed by atoms with Gasteiger partial charge in [-0.3, -0.25) is 0 Å². The standard InChI is InChI=1S/C19H27BrF3NO3S/c20-12-1-2-14-27-17-7-3-15(4-8-17)11-13-24-28(25,26)18-9-5-16(6-10-18)19(21,22)23/h5-6,9-10,15,17,24H,1-4,7-8,11-14H2. The van der Waals surface area contributed by atoms with E-state index in [0.29, 0.717) is 12.0 Å². The molecule has 0 aromatic heterocycles. The van der Waals surface area contributed by atoms with Crippen molar-refractivity contribution < 1.29 is 26.3 Å². The molecular formula is C19H27BrF3NO3S. The number of ether oxygens (including phenoxy) is 1. The van der Waals surface area contributed by atoms with Gasteiger partial charge in [0, 0.05) is 18.5 Å². The number of hydrogen-bond acceptors (Lipinski definition) is 3. The van der Waals surface area contributed by atoms with Gasteiger partial charge in [-0.05, 0) is 75.1 Å². The summed E-state index contributed by atoms with van der Waals surface area (Å²) in [5, 5.41) is 0.992. The number of sulfonamides is 1. The highest BCUT2D eigenvalue weighted by Gasteiger charge is 2.30. The second-order valence-electron chi connectivity index (χ2n) is 7.12. The van der Waals surface area contributed by atoms with Crippen LogP contribution in [-0.4, -0.2) is 33.0 Å². The molecule has 0 amide bonds. The van der Waals surface area contributed by atoms with Gasteiger partial charge < -0.3 is 4.74 Å². The van der Waals surface area contributed by atoms with E-state index in [1.54, 1.807) is 0 Å². The molecule has 1 N–H and O–H groups in total. The van der Waals surface area contributed by atoms with Gasteiger partial charge in [0.05, 0.1) is 16.6 Å². The fraction of sp³-hybridized carbons (Fsp3) is 0.684. The van der Waals surface area contributed by atoms with Gasteiger partial charge >= 0.3 is 6.18 Å². The largest absolute Gasteiger partial charge is 0.416 e. The van der Waals surface area contributed by atoms with Crippen LogP contribution in [0.1, 0.15) is 50.5 Å². The van der Waals surface area contributed by atoms with Crippen LogP contribution < -0.4 is 4.72 Å². The lowest BCUT2D eigenvalue weighted by molar-refractivity contribution is -0.137. The van der Waals surface area contributed by atoms with E-state index in [-0.39, 0.29) is 11.4 Å². The van der Waals surface area contributed by atoms with Crippen molar-refractivity contribution in [2.75, 3.05) is 18.5 Å². The molecule has 0 aliphatic heterocycles. The van der Waals surface area contributed by atoms with Crippen molar-refractivity contribution in [3.8, 4) is 0 Å². The number of hydrogen-bond donors (Lipinski definition) is 1. The first-order valence-corrected chi connectivity index (χ1v) is 12.2. The summed E-state index contributed by atoms with van der Waals surface area (Å²) in [6.07, 6.45) is 2.69. The Balaban J connectivity index is 1.71. The van der Waals surface area contributed by atoms with Crippen molar-refractivity contribution in [1.82, 2.24) is 4.72 Å². The van der Waals surface area contributed by atoms with Gasteiger partial charge in [0.25, 0.3) is 0 Å². The Morgan fingerprint density at radius 1 is 1.07 bits per heavy atom. The van der Waals surface area contributed by atoms with Gasteiger partial charge in [0.2, 0.25) is 10.0 Å². The second-order valence-corrected chi connectivity index (χ2v) is 9.68. The van der Waals surface area contributed by atoms with E-state index in [0.717, 1.165) is 81.1 Å². The van der Waals surface area contributed by atoms with E-state index in [9.17, 15) is 21.6 Å². The predicted molar refractivity (Wildman–Crippen MR) is 106 cm³/mol. The Morgan fingerprint density at radius 3 is 2.29 bits per heavy atom. The van der Waals surface area contributed by atoms with E-state index >= 15 is 0 Å². The molecule has 2 rings (SSSR count). The second kappa shape index (κ2) is 10.9. The maximum atomic E-state index is 12.6. The van der Waals surface area contributed by atoms with Crippen LogP contribution in [0.4, 0.5) is 13.2 Å². The van der Waals surface area contributed by atoms with Crippen LogP contribution in [0.15, 0.2) is 29.2 Å². The summed E-state index contributed by atoms with van der Waals surface area (Å²) < 4.78 is 70.6. The summed E-state index contributed by atoms with van der Waals surface area (Å²) in [7, 11) is -3.80. The molecule has 0 radical (unpaired) electrons. The van der Waals surface area contributed by atoms with E-state index in [4.69, 9.17) is 4.74 Å². The smallest absolute Gasteiger partial charge is 0.378 e. The number of rotatable bonds is 10. The Bertz CT molecular complexity index is 687. The number of nitrogens with one attached hydrogen (secondary N) is 1. The molecule has 1 aromatic rings. The molecule has 0 unspecified atom stereocenters. The van der Waals surface area contributed by atoms with Crippen LogP contribution in [0, 0.1) is 5.92 Å². The quantitative estimate of drug-likeness (QED) is 0.369. The lowest BCUT2D eigenvalue weighted by Gasteiger charge is -2.28. The van der Waals surface area contributed by atoms with Crippen LogP contribution >= 0.6 is 15.9 Å². The van der Waals surface area contributed by atoms with Gasteiger partial charge in [0.15, 0.2) is 0 Å². The monoisotopic (exact) mass is 485 g/mol. The third kappa shape index (κ3) is 7.65. The van der Waals surface area contributed by atoms with Crippen LogP contribution in [0.3, 0.4) is 0 Å². The fourth-order valence-corrected chi connectivity index (χ4v) is 4.78. The van der Waals surface area contributed by atoms with Crippen molar-refractivity contribution >= 4 is 26.0 Å². The molecule has 28 heavy (non-hydrogen) atoms. The molecule has 0 heterocycles. The molecule has 9 heteroatoms. The fourth-order valence-electron chi connectivity index (χ4n) is 3.34. The van der Waals surface area contributed by atoms with Crippen LogP contribution in [0.25, 0.3) is 0 Å². The number of benzene rings is 1. The van der Waals surface area contributed by atoms with E-state index in [1.165, 1.54) is 0 Å². The highest BCUT2D eigenvalue weighted by Crippen LogP contribution is 2.30. The van der Waals surface area contributed by atoms with Crippen molar-refractivity contribution in [2.24, 2.45) is 5.92 Å². The van der Waals surface area contributed by atoms with Gasteiger partial charge in [0.1, 0.15) is 0 Å². The van der Waals surface area contributed by atoms with Crippen molar-refractivity contribution in [1.29, 1.82) is 0 Å². The normalized spacial score (nSPS) is 21.0. The van der Waals surface area contributed by atoms with Gasteiger partial charge in [-0.1, -0.05) is 15.9 Å². The molecular weight excluding hydrogens is 459 g/mol. The average molecular weight is 486 g/mol. The first-order chi connectivity index (χ1) is 13.2. The zero-order chi connectivity index (χ0) is 20.6. The summed E-state index contributed by atoms with van der Waals surface area (Å²) in [5.41, 5.74) is -0.863. The number of halogens is 4. The Hall–Kier alpha value is -0.640. The number of unbranched alkanes of at least 4 members (excludes halogenated alkanes) is 1.